The van der Waals surface area contributed by atoms with Crippen molar-refractivity contribution in [1.82, 2.24) is 0 Å². The predicted molar refractivity (Wildman–Crippen MR) is 158 cm³/mol. The van der Waals surface area contributed by atoms with Crippen molar-refractivity contribution in [1.29, 1.82) is 0 Å². The first-order valence-corrected chi connectivity index (χ1v) is 17.8. The molecule has 0 radical (unpaired) electrons. The summed E-state index contributed by atoms with van der Waals surface area (Å²) in [4.78, 5) is 12.7. The molecule has 40 heavy (non-hydrogen) atoms. The van der Waals surface area contributed by atoms with Crippen LogP contribution in [0.25, 0.3) is 0 Å². The predicted octanol–water partition coefficient (Wildman–Crippen LogP) is 7.89. The van der Waals surface area contributed by atoms with Gasteiger partial charge in [0.05, 0.1) is 6.10 Å². The molecule has 224 valence electrons. The Hall–Kier alpha value is -1.00. The van der Waals surface area contributed by atoms with Crippen LogP contribution in [0.4, 0.5) is 0 Å². The second-order valence-electron chi connectivity index (χ2n) is 14.7. The lowest BCUT2D eigenvalue weighted by atomic mass is 9.47. The van der Waals surface area contributed by atoms with Gasteiger partial charge in [0.25, 0.3) is 7.82 Å². The van der Waals surface area contributed by atoms with Gasteiger partial charge >= 0.3 is 0 Å². The van der Waals surface area contributed by atoms with E-state index in [9.17, 15) is 9.46 Å². The number of hydrogen-bond acceptors (Lipinski definition) is 4. The molecule has 1 aromatic rings. The average Bonchev–Trinajstić information content (AvgIpc) is 3.26. The fraction of sp³-hybridized carbons (Fsp3) is 0.794. The highest BCUT2D eigenvalue weighted by Gasteiger charge is 2.59. The van der Waals surface area contributed by atoms with Crippen LogP contribution < -0.4 is 9.46 Å². The summed E-state index contributed by atoms with van der Waals surface area (Å²) in [6, 6.07) is 5.77. The second-order valence-corrected chi connectivity index (χ2v) is 16.0. The van der Waals surface area contributed by atoms with Crippen molar-refractivity contribution in [3.63, 3.8) is 0 Å². The van der Waals surface area contributed by atoms with Crippen LogP contribution in [0, 0.1) is 46.3 Å². The number of phosphoric ester groups is 1. The minimum Gasteiger partial charge on any atom is -0.756 e. The van der Waals surface area contributed by atoms with Gasteiger partial charge in [-0.05, 0) is 97.7 Å². The number of hydrogen-bond donors (Lipinski definition) is 0. The van der Waals surface area contributed by atoms with E-state index in [0.29, 0.717) is 12.0 Å². The molecule has 0 saturated heterocycles. The van der Waals surface area contributed by atoms with Gasteiger partial charge in [0.2, 0.25) is 0 Å². The summed E-state index contributed by atoms with van der Waals surface area (Å²) >= 11 is 0. The molecular formula is C34H54NO4P. The maximum absolute atomic E-state index is 12.7. The lowest BCUT2D eigenvalue weighted by Crippen LogP contribution is -2.51. The highest BCUT2D eigenvalue weighted by molar-refractivity contribution is 7.45. The van der Waals surface area contributed by atoms with E-state index in [1.165, 1.54) is 50.5 Å². The first kappa shape index (κ1) is 30.5. The molecule has 3 saturated carbocycles. The highest BCUT2D eigenvalue weighted by Crippen LogP contribution is 2.67. The van der Waals surface area contributed by atoms with E-state index in [1.807, 2.05) is 35.2 Å². The monoisotopic (exact) mass is 571 g/mol. The molecule has 0 bridgehead atoms. The molecule has 5 nitrogen and oxygen atoms in total. The van der Waals surface area contributed by atoms with Crippen LogP contribution in [-0.4, -0.2) is 12.7 Å². The van der Waals surface area contributed by atoms with E-state index < -0.39 is 7.82 Å². The van der Waals surface area contributed by atoms with Crippen molar-refractivity contribution in [3.8, 4) is 0 Å². The fourth-order valence-corrected chi connectivity index (χ4v) is 10.7. The summed E-state index contributed by atoms with van der Waals surface area (Å²) in [6.45, 7) is 13.0. The Balaban J connectivity index is 1.19. The van der Waals surface area contributed by atoms with E-state index in [0.717, 1.165) is 61.2 Å². The zero-order valence-electron chi connectivity index (χ0n) is 25.7. The smallest absolute Gasteiger partial charge is 0.268 e. The molecule has 1 unspecified atom stereocenters. The van der Waals surface area contributed by atoms with Crippen molar-refractivity contribution in [2.24, 2.45) is 46.3 Å². The molecule has 0 amide bonds. The number of phosphoric acid groups is 1. The van der Waals surface area contributed by atoms with Gasteiger partial charge in [0, 0.05) is 12.1 Å². The molecule has 0 spiro atoms. The Kier molecular flexibility index (Phi) is 9.38. The van der Waals surface area contributed by atoms with Crippen molar-refractivity contribution in [3.05, 3.63) is 42.2 Å². The van der Waals surface area contributed by atoms with E-state index in [4.69, 9.17) is 9.05 Å². The lowest BCUT2D eigenvalue weighted by molar-refractivity contribution is -0.697. The molecule has 0 aliphatic heterocycles. The number of rotatable bonds is 11. The molecule has 0 aromatic carbocycles. The number of aromatic nitrogens is 1. The number of allylic oxidation sites excluding steroid dienone is 1. The third-order valence-corrected chi connectivity index (χ3v) is 13.0. The van der Waals surface area contributed by atoms with Crippen LogP contribution in [0.2, 0.25) is 0 Å². The quantitative estimate of drug-likeness (QED) is 0.154. The van der Waals surface area contributed by atoms with Crippen LogP contribution in [0.1, 0.15) is 105 Å². The third kappa shape index (κ3) is 6.34. The van der Waals surface area contributed by atoms with Gasteiger partial charge in [-0.1, -0.05) is 71.6 Å². The van der Waals surface area contributed by atoms with Gasteiger partial charge in [-0.3, -0.25) is 4.57 Å². The van der Waals surface area contributed by atoms with Crippen molar-refractivity contribution >= 4 is 7.82 Å². The zero-order chi connectivity index (χ0) is 28.5. The van der Waals surface area contributed by atoms with E-state index in [-0.39, 0.29) is 18.1 Å². The van der Waals surface area contributed by atoms with Gasteiger partial charge in [-0.15, -0.1) is 0 Å². The minimum absolute atomic E-state index is 0.0871. The van der Waals surface area contributed by atoms with E-state index >= 15 is 0 Å². The standard InChI is InChI=1S/C34H54NO4P/c1-25(2)10-9-11-26(3)30-14-15-31-29-13-12-27-24-28(16-18-33(27,4)32(29)17-19-34(30,31)5)39-40(36,37)38-23-22-35-20-7-6-8-21-35/h6-8,12,20-21,25-26,28-32H,9-11,13-19,22-24H2,1-5H3/t26-,28+,29+,30-,31+,32+,33+,34-/m1/s1. The Morgan fingerprint density at radius 3 is 2.55 bits per heavy atom. The molecule has 9 atom stereocenters. The van der Waals surface area contributed by atoms with Gasteiger partial charge in [0.15, 0.2) is 18.9 Å². The lowest BCUT2D eigenvalue weighted by Gasteiger charge is -2.58. The molecule has 6 heteroatoms. The van der Waals surface area contributed by atoms with Gasteiger partial charge in [-0.25, -0.2) is 4.57 Å². The van der Waals surface area contributed by atoms with E-state index in [1.54, 1.807) is 0 Å². The van der Waals surface area contributed by atoms with Crippen molar-refractivity contribution in [2.45, 2.75) is 118 Å². The average molecular weight is 572 g/mol. The van der Waals surface area contributed by atoms with Crippen LogP contribution in [0.3, 0.4) is 0 Å². The van der Waals surface area contributed by atoms with E-state index in [2.05, 4.69) is 40.7 Å². The molecule has 1 heterocycles. The Bertz CT molecular complexity index is 1070. The Morgan fingerprint density at radius 2 is 1.80 bits per heavy atom. The number of pyridine rings is 1. The first-order chi connectivity index (χ1) is 19.0. The summed E-state index contributed by atoms with van der Waals surface area (Å²) < 4.78 is 25.5. The second kappa shape index (κ2) is 12.3. The number of nitrogens with zero attached hydrogens (tertiary/aromatic N) is 1. The summed E-state index contributed by atoms with van der Waals surface area (Å²) in [5.74, 6) is 4.86. The Morgan fingerprint density at radius 1 is 1.02 bits per heavy atom. The summed E-state index contributed by atoms with van der Waals surface area (Å²) in [6.07, 6.45) is 19.3. The van der Waals surface area contributed by atoms with Crippen LogP contribution in [0.5, 0.6) is 0 Å². The van der Waals surface area contributed by atoms with Gasteiger partial charge in [0.1, 0.15) is 6.61 Å². The molecule has 5 rings (SSSR count). The topological polar surface area (TPSA) is 62.5 Å². The largest absolute Gasteiger partial charge is 0.756 e. The molecule has 3 fully saturated rings. The normalized spacial score (nSPS) is 37.7. The van der Waals surface area contributed by atoms with Gasteiger partial charge in [-0.2, -0.15) is 0 Å². The Labute approximate surface area is 243 Å². The van der Waals surface area contributed by atoms with Crippen LogP contribution >= 0.6 is 7.82 Å². The molecular weight excluding hydrogens is 517 g/mol. The molecule has 4 aliphatic rings. The molecule has 4 aliphatic carbocycles. The SMILES string of the molecule is CC(C)CCC[C@@H](C)[C@H]1CC[C@H]2[C@@H]3CC=C4C[C@@H](OP(=O)([O-])OCC[n+]5ccccc5)CC[C@]4(C)[C@H]3CC[C@]12C. The van der Waals surface area contributed by atoms with Crippen LogP contribution in [-0.2, 0) is 20.2 Å². The zero-order valence-corrected chi connectivity index (χ0v) is 26.6. The summed E-state index contributed by atoms with van der Waals surface area (Å²) in [5, 5.41) is 0. The van der Waals surface area contributed by atoms with Gasteiger partial charge < -0.3 is 13.9 Å². The molecule has 1 aromatic heterocycles. The third-order valence-electron chi connectivity index (χ3n) is 11.9. The highest BCUT2D eigenvalue weighted by atomic mass is 31.2. The van der Waals surface area contributed by atoms with Crippen LogP contribution in [0.15, 0.2) is 42.2 Å². The minimum atomic E-state index is -4.34. The fourth-order valence-electron chi connectivity index (χ4n) is 9.80. The maximum atomic E-state index is 12.7. The van der Waals surface area contributed by atoms with Crippen molar-refractivity contribution in [2.75, 3.05) is 6.61 Å². The van der Waals surface area contributed by atoms with Crippen molar-refractivity contribution < 1.29 is 23.1 Å². The first-order valence-electron chi connectivity index (χ1n) is 16.3. The number of fused-ring (bicyclic) bond motifs is 5. The summed E-state index contributed by atoms with van der Waals surface area (Å²) in [5.41, 5.74) is 2.12. The maximum Gasteiger partial charge on any atom is 0.268 e. The molecule has 0 N–H and O–H groups in total. The summed E-state index contributed by atoms with van der Waals surface area (Å²) in [7, 11) is -4.34.